The van der Waals surface area contributed by atoms with Gasteiger partial charge < -0.3 is 10.5 Å². The number of ether oxygens (including phenoxy) is 1. The molecular weight excluding hydrogens is 250 g/mol. The number of hydrogen-bond donors (Lipinski definition) is 1. The molecule has 0 bridgehead atoms. The number of nitrogens with zero attached hydrogens (tertiary/aromatic N) is 1. The maximum Gasteiger partial charge on any atom is 0.130 e. The summed E-state index contributed by atoms with van der Waals surface area (Å²) in [5.74, 6) is -1.17. The molecule has 0 aliphatic carbocycles. The Kier molecular flexibility index (Phi) is 4.50. The van der Waals surface area contributed by atoms with E-state index in [1.54, 1.807) is 0 Å². The molecule has 1 aromatic rings. The van der Waals surface area contributed by atoms with Gasteiger partial charge in [-0.05, 0) is 26.5 Å². The molecule has 0 amide bonds. The van der Waals surface area contributed by atoms with Gasteiger partial charge in [-0.2, -0.15) is 0 Å². The van der Waals surface area contributed by atoms with Crippen molar-refractivity contribution in [1.29, 1.82) is 0 Å². The van der Waals surface area contributed by atoms with Gasteiger partial charge in [-0.15, -0.1) is 0 Å². The second kappa shape index (κ2) is 5.94. The van der Waals surface area contributed by atoms with Crippen molar-refractivity contribution < 1.29 is 13.5 Å². The number of rotatable bonds is 4. The fourth-order valence-corrected chi connectivity index (χ4v) is 2.65. The summed E-state index contributed by atoms with van der Waals surface area (Å²) < 4.78 is 32.0. The number of halogens is 2. The Balaban J connectivity index is 2.02. The number of hydrogen-bond acceptors (Lipinski definition) is 3. The lowest BCUT2D eigenvalue weighted by molar-refractivity contribution is 0.0817. The van der Waals surface area contributed by atoms with E-state index in [1.807, 2.05) is 14.0 Å². The van der Waals surface area contributed by atoms with Crippen molar-refractivity contribution in [3.8, 4) is 0 Å². The predicted molar refractivity (Wildman–Crippen MR) is 69.7 cm³/mol. The lowest BCUT2D eigenvalue weighted by Gasteiger charge is -2.29. The van der Waals surface area contributed by atoms with Crippen LogP contribution in [0.15, 0.2) is 18.2 Å². The summed E-state index contributed by atoms with van der Waals surface area (Å²) in [5, 5.41) is 0. The first-order chi connectivity index (χ1) is 8.99. The van der Waals surface area contributed by atoms with E-state index in [4.69, 9.17) is 10.5 Å². The quantitative estimate of drug-likeness (QED) is 0.910. The van der Waals surface area contributed by atoms with E-state index in [9.17, 15) is 8.78 Å². The molecule has 3 unspecified atom stereocenters. The van der Waals surface area contributed by atoms with E-state index in [1.165, 1.54) is 12.1 Å². The molecule has 1 fully saturated rings. The Morgan fingerprint density at radius 2 is 2.21 bits per heavy atom. The van der Waals surface area contributed by atoms with Gasteiger partial charge in [0.15, 0.2) is 0 Å². The van der Waals surface area contributed by atoms with Crippen LogP contribution in [0.2, 0.25) is 0 Å². The maximum absolute atomic E-state index is 13.6. The second-order valence-electron chi connectivity index (χ2n) is 5.14. The molecule has 106 valence electrons. The molecule has 0 aromatic heterocycles. The third-order valence-electron chi connectivity index (χ3n) is 3.75. The second-order valence-corrected chi connectivity index (χ2v) is 5.14. The van der Waals surface area contributed by atoms with Gasteiger partial charge in [-0.1, -0.05) is 6.07 Å². The van der Waals surface area contributed by atoms with Crippen LogP contribution in [0.4, 0.5) is 8.78 Å². The first-order valence-corrected chi connectivity index (χ1v) is 6.51. The van der Waals surface area contributed by atoms with Gasteiger partial charge in [0.25, 0.3) is 0 Å². The van der Waals surface area contributed by atoms with Crippen LogP contribution >= 0.6 is 0 Å². The molecule has 1 aromatic carbocycles. The third kappa shape index (κ3) is 3.29. The fourth-order valence-electron chi connectivity index (χ4n) is 2.65. The van der Waals surface area contributed by atoms with Gasteiger partial charge in [0.2, 0.25) is 0 Å². The van der Waals surface area contributed by atoms with Gasteiger partial charge in [0.1, 0.15) is 11.6 Å². The van der Waals surface area contributed by atoms with Crippen LogP contribution in [0.25, 0.3) is 0 Å². The molecule has 5 heteroatoms. The Hall–Kier alpha value is -1.04. The highest BCUT2D eigenvalue weighted by Gasteiger charge is 2.29. The monoisotopic (exact) mass is 270 g/mol. The minimum absolute atomic E-state index is 0.162. The topological polar surface area (TPSA) is 38.5 Å². The molecule has 19 heavy (non-hydrogen) atoms. The van der Waals surface area contributed by atoms with Crippen molar-refractivity contribution in [2.24, 2.45) is 5.73 Å². The van der Waals surface area contributed by atoms with E-state index in [2.05, 4.69) is 4.90 Å². The SMILES string of the molecule is CC1OCCC1N(C)CC(N)c1ccc(F)cc1F. The lowest BCUT2D eigenvalue weighted by atomic mass is 10.0. The van der Waals surface area contributed by atoms with Crippen LogP contribution in [0.3, 0.4) is 0 Å². The van der Waals surface area contributed by atoms with Crippen LogP contribution in [-0.4, -0.2) is 37.2 Å². The maximum atomic E-state index is 13.6. The van der Waals surface area contributed by atoms with Crippen molar-refractivity contribution in [1.82, 2.24) is 4.90 Å². The molecule has 0 radical (unpaired) electrons. The Bertz CT molecular complexity index is 441. The number of likely N-dealkylation sites (N-methyl/N-ethyl adjacent to an activating group) is 1. The van der Waals surface area contributed by atoms with Crippen molar-refractivity contribution in [3.63, 3.8) is 0 Å². The van der Waals surface area contributed by atoms with E-state index in [0.717, 1.165) is 19.1 Å². The van der Waals surface area contributed by atoms with Crippen LogP contribution in [0.1, 0.15) is 24.9 Å². The zero-order valence-electron chi connectivity index (χ0n) is 11.3. The summed E-state index contributed by atoms with van der Waals surface area (Å²) >= 11 is 0. The van der Waals surface area contributed by atoms with Gasteiger partial charge >= 0.3 is 0 Å². The predicted octanol–water partition coefficient (Wildman–Crippen LogP) is 2.07. The summed E-state index contributed by atoms with van der Waals surface area (Å²) in [4.78, 5) is 2.09. The molecule has 3 nitrogen and oxygen atoms in total. The molecule has 3 atom stereocenters. The Labute approximate surface area is 112 Å². The van der Waals surface area contributed by atoms with Gasteiger partial charge in [-0.25, -0.2) is 8.78 Å². The van der Waals surface area contributed by atoms with Gasteiger partial charge in [0.05, 0.1) is 6.10 Å². The average molecular weight is 270 g/mol. The smallest absolute Gasteiger partial charge is 0.130 e. The number of nitrogens with two attached hydrogens (primary N) is 1. The highest BCUT2D eigenvalue weighted by atomic mass is 19.1. The largest absolute Gasteiger partial charge is 0.377 e. The molecule has 1 aliphatic heterocycles. The summed E-state index contributed by atoms with van der Waals surface area (Å²) in [6.45, 7) is 3.29. The van der Waals surface area contributed by atoms with Crippen molar-refractivity contribution in [2.75, 3.05) is 20.2 Å². The molecule has 0 spiro atoms. The van der Waals surface area contributed by atoms with Crippen molar-refractivity contribution in [2.45, 2.75) is 31.5 Å². The van der Waals surface area contributed by atoms with Crippen molar-refractivity contribution in [3.05, 3.63) is 35.4 Å². The van der Waals surface area contributed by atoms with E-state index in [0.29, 0.717) is 18.2 Å². The van der Waals surface area contributed by atoms with Crippen LogP contribution in [-0.2, 0) is 4.74 Å². The molecule has 1 heterocycles. The lowest BCUT2D eigenvalue weighted by Crippen LogP contribution is -2.41. The summed E-state index contributed by atoms with van der Waals surface area (Å²) in [5.41, 5.74) is 6.36. The van der Waals surface area contributed by atoms with Crippen LogP contribution in [0, 0.1) is 11.6 Å². The van der Waals surface area contributed by atoms with Crippen molar-refractivity contribution >= 4 is 0 Å². The molecule has 0 saturated carbocycles. The zero-order chi connectivity index (χ0) is 14.0. The minimum atomic E-state index is -0.586. The summed E-state index contributed by atoms with van der Waals surface area (Å²) in [7, 11) is 1.96. The number of benzene rings is 1. The van der Waals surface area contributed by atoms with E-state index < -0.39 is 17.7 Å². The van der Waals surface area contributed by atoms with Crippen LogP contribution < -0.4 is 5.73 Å². The Morgan fingerprint density at radius 3 is 2.79 bits per heavy atom. The minimum Gasteiger partial charge on any atom is -0.377 e. The summed E-state index contributed by atoms with van der Waals surface area (Å²) in [6, 6.07) is 3.35. The highest BCUT2D eigenvalue weighted by molar-refractivity contribution is 5.22. The first-order valence-electron chi connectivity index (χ1n) is 6.51. The normalized spacial score (nSPS) is 24.9. The molecule has 1 saturated heterocycles. The third-order valence-corrected chi connectivity index (χ3v) is 3.75. The van der Waals surface area contributed by atoms with Gasteiger partial charge in [-0.3, -0.25) is 4.90 Å². The van der Waals surface area contributed by atoms with E-state index in [-0.39, 0.29) is 6.10 Å². The molecule has 2 N–H and O–H groups in total. The molecular formula is C14H20F2N2O. The standard InChI is InChI=1S/C14H20F2N2O/c1-9-14(5-6-19-9)18(2)8-13(17)11-4-3-10(15)7-12(11)16/h3-4,7,9,13-14H,5-6,8,17H2,1-2H3. The fraction of sp³-hybridized carbons (Fsp3) is 0.571. The Morgan fingerprint density at radius 1 is 1.47 bits per heavy atom. The van der Waals surface area contributed by atoms with Gasteiger partial charge in [0, 0.05) is 36.9 Å². The van der Waals surface area contributed by atoms with Crippen LogP contribution in [0.5, 0.6) is 0 Å². The zero-order valence-corrected chi connectivity index (χ0v) is 11.3. The average Bonchev–Trinajstić information content (AvgIpc) is 2.75. The first kappa shape index (κ1) is 14.4. The molecule has 2 rings (SSSR count). The highest BCUT2D eigenvalue weighted by Crippen LogP contribution is 2.22. The van der Waals surface area contributed by atoms with E-state index >= 15 is 0 Å². The summed E-state index contributed by atoms with van der Waals surface area (Å²) in [6.07, 6.45) is 1.12. The molecule has 1 aliphatic rings.